The van der Waals surface area contributed by atoms with E-state index in [4.69, 9.17) is 39.5 Å². The van der Waals surface area contributed by atoms with Crippen molar-refractivity contribution in [1.82, 2.24) is 4.90 Å². The Morgan fingerprint density at radius 3 is 2.44 bits per heavy atom. The molecule has 0 aromatic heterocycles. The Hall–Kier alpha value is -1.83. The number of imide groups is 1. The number of nitrogens with zero attached hydrogens (tertiary/aromatic N) is 2. The normalized spacial score (nSPS) is 25.6. The molecule has 2 aromatic carbocycles. The Balaban J connectivity index is 1.52. The van der Waals surface area contributed by atoms with Crippen LogP contribution in [-0.4, -0.2) is 47.1 Å². The van der Waals surface area contributed by atoms with Crippen molar-refractivity contribution in [3.05, 3.63) is 56.5 Å². The minimum Gasteiger partial charge on any atom is -0.482 e. The van der Waals surface area contributed by atoms with Gasteiger partial charge in [0.1, 0.15) is 11.9 Å². The molecule has 0 radical (unpaired) electrons. The lowest BCUT2D eigenvalue weighted by atomic mass is 10.1. The average Bonchev–Trinajstić information content (AvgIpc) is 3.42. The van der Waals surface area contributed by atoms with E-state index in [1.165, 1.54) is 4.90 Å². The highest BCUT2D eigenvalue weighted by Crippen LogP contribution is 2.45. The third kappa shape index (κ3) is 3.88. The summed E-state index contributed by atoms with van der Waals surface area (Å²) in [5, 5.41) is 11.5. The molecule has 9 heteroatoms. The first-order valence-corrected chi connectivity index (χ1v) is 11.7. The summed E-state index contributed by atoms with van der Waals surface area (Å²) in [7, 11) is 0. The van der Waals surface area contributed by atoms with Crippen LogP contribution in [0.2, 0.25) is 15.1 Å². The van der Waals surface area contributed by atoms with Gasteiger partial charge in [-0.2, -0.15) is 0 Å². The summed E-state index contributed by atoms with van der Waals surface area (Å²) in [5.74, 6) is -0.107. The molecule has 3 atom stereocenters. The number of benzene rings is 2. The number of fused-ring (bicyclic) bond motifs is 1. The van der Waals surface area contributed by atoms with Crippen LogP contribution in [0.5, 0.6) is 5.75 Å². The highest BCUT2D eigenvalue weighted by atomic mass is 35.5. The van der Waals surface area contributed by atoms with E-state index in [2.05, 4.69) is 4.90 Å². The van der Waals surface area contributed by atoms with Crippen LogP contribution in [0.4, 0.5) is 5.69 Å². The first-order valence-electron chi connectivity index (χ1n) is 10.5. The molecule has 2 heterocycles. The number of aliphatic hydroxyl groups is 1. The lowest BCUT2D eigenvalue weighted by Crippen LogP contribution is -2.39. The van der Waals surface area contributed by atoms with E-state index >= 15 is 0 Å². The van der Waals surface area contributed by atoms with Crippen molar-refractivity contribution in [3.8, 4) is 5.75 Å². The van der Waals surface area contributed by atoms with Gasteiger partial charge in [-0.05, 0) is 42.7 Å². The number of hydrogen-bond donors (Lipinski definition) is 1. The van der Waals surface area contributed by atoms with Crippen LogP contribution in [0.1, 0.15) is 36.5 Å². The number of β-amino-alcohol motifs (C(OH)–C–C–N with tert-alkyl or cyclic N) is 1. The summed E-state index contributed by atoms with van der Waals surface area (Å²) < 4.78 is 6.45. The largest absolute Gasteiger partial charge is 0.482 e. The third-order valence-electron chi connectivity index (χ3n) is 6.41. The van der Waals surface area contributed by atoms with Crippen molar-refractivity contribution in [2.45, 2.75) is 43.9 Å². The van der Waals surface area contributed by atoms with Gasteiger partial charge in [-0.1, -0.05) is 34.8 Å². The fourth-order valence-electron chi connectivity index (χ4n) is 4.87. The van der Waals surface area contributed by atoms with E-state index < -0.39 is 6.10 Å². The van der Waals surface area contributed by atoms with E-state index in [0.29, 0.717) is 45.9 Å². The molecule has 32 heavy (non-hydrogen) atoms. The Morgan fingerprint density at radius 2 is 1.75 bits per heavy atom. The molecule has 2 saturated heterocycles. The molecule has 0 spiro atoms. The van der Waals surface area contributed by atoms with Gasteiger partial charge in [0.15, 0.2) is 0 Å². The van der Waals surface area contributed by atoms with Crippen LogP contribution in [0.25, 0.3) is 0 Å². The maximum atomic E-state index is 12.2. The standard InChI is InChI=1S/C23H21Cl3N2O4/c24-12-7-16-15(18(26)8-12)10-19(27-6-5-14(29)11-27)23(16)32-20-9-13(1-2-17(20)25)28-21(30)3-4-22(28)31/h1-2,7-9,14,19,23,29H,3-6,10-11H2/t14?,19-,23-/m0/s1. The minimum absolute atomic E-state index is 0.0621. The monoisotopic (exact) mass is 494 g/mol. The molecule has 2 aromatic rings. The third-order valence-corrected chi connectivity index (χ3v) is 7.27. The molecule has 0 bridgehead atoms. The molecule has 1 aliphatic carbocycles. The lowest BCUT2D eigenvalue weighted by Gasteiger charge is -2.30. The number of rotatable bonds is 4. The molecule has 0 saturated carbocycles. The summed E-state index contributed by atoms with van der Waals surface area (Å²) in [4.78, 5) is 27.8. The number of carbonyl (C=O) groups is 2. The van der Waals surface area contributed by atoms with Crippen molar-refractivity contribution < 1.29 is 19.4 Å². The lowest BCUT2D eigenvalue weighted by molar-refractivity contribution is -0.121. The highest BCUT2D eigenvalue weighted by Gasteiger charge is 2.42. The van der Waals surface area contributed by atoms with E-state index in [-0.39, 0.29) is 36.8 Å². The summed E-state index contributed by atoms with van der Waals surface area (Å²) in [6, 6.07) is 8.40. The van der Waals surface area contributed by atoms with Gasteiger partial charge in [-0.3, -0.25) is 19.4 Å². The van der Waals surface area contributed by atoms with E-state index in [1.807, 2.05) is 6.07 Å². The zero-order chi connectivity index (χ0) is 22.6. The summed E-state index contributed by atoms with van der Waals surface area (Å²) in [6.45, 7) is 1.30. The topological polar surface area (TPSA) is 70.1 Å². The van der Waals surface area contributed by atoms with Gasteiger partial charge in [0, 0.05) is 47.6 Å². The average molecular weight is 496 g/mol. The SMILES string of the molecule is O=C1CCC(=O)N1c1ccc(Cl)c(O[C@H]2c3cc(Cl)cc(Cl)c3C[C@@H]2N2CCC(O)C2)c1. The van der Waals surface area contributed by atoms with E-state index in [9.17, 15) is 14.7 Å². The zero-order valence-electron chi connectivity index (χ0n) is 17.1. The number of likely N-dealkylation sites (tertiary alicyclic amines) is 1. The molecule has 3 aliphatic rings. The molecule has 2 amide bonds. The summed E-state index contributed by atoms with van der Waals surface area (Å²) in [6.07, 6.45) is 0.947. The van der Waals surface area contributed by atoms with Crippen molar-refractivity contribution in [2.75, 3.05) is 18.0 Å². The number of halogens is 3. The Bertz CT molecular complexity index is 1090. The van der Waals surface area contributed by atoms with Gasteiger partial charge in [-0.15, -0.1) is 0 Å². The molecule has 2 fully saturated rings. The number of hydrogen-bond acceptors (Lipinski definition) is 5. The molecule has 1 N–H and O–H groups in total. The quantitative estimate of drug-likeness (QED) is 0.636. The first-order chi connectivity index (χ1) is 15.3. The van der Waals surface area contributed by atoms with E-state index in [0.717, 1.165) is 17.7 Å². The summed E-state index contributed by atoms with van der Waals surface area (Å²) in [5.41, 5.74) is 2.28. The van der Waals surface area contributed by atoms with Gasteiger partial charge in [0.2, 0.25) is 11.8 Å². The second-order valence-corrected chi connectivity index (χ2v) is 9.69. The van der Waals surface area contributed by atoms with Crippen molar-refractivity contribution in [1.29, 1.82) is 0 Å². The predicted molar refractivity (Wildman–Crippen MR) is 123 cm³/mol. The van der Waals surface area contributed by atoms with Crippen LogP contribution in [0.3, 0.4) is 0 Å². The van der Waals surface area contributed by atoms with Gasteiger partial charge in [0.25, 0.3) is 0 Å². The van der Waals surface area contributed by atoms with Crippen LogP contribution < -0.4 is 9.64 Å². The van der Waals surface area contributed by atoms with E-state index in [1.54, 1.807) is 24.3 Å². The Morgan fingerprint density at radius 1 is 1.00 bits per heavy atom. The van der Waals surface area contributed by atoms with Crippen LogP contribution in [-0.2, 0) is 16.0 Å². The molecular weight excluding hydrogens is 475 g/mol. The number of anilines is 1. The van der Waals surface area contributed by atoms with Gasteiger partial charge < -0.3 is 9.84 Å². The second kappa shape index (κ2) is 8.50. The minimum atomic E-state index is -0.427. The molecule has 5 rings (SSSR count). The fraction of sp³-hybridized carbons (Fsp3) is 0.391. The molecule has 6 nitrogen and oxygen atoms in total. The van der Waals surface area contributed by atoms with Crippen molar-refractivity contribution >= 4 is 52.3 Å². The molecule has 1 unspecified atom stereocenters. The second-order valence-electron chi connectivity index (χ2n) is 8.44. The van der Waals surface area contributed by atoms with Crippen molar-refractivity contribution in [3.63, 3.8) is 0 Å². The Labute approximate surface area is 200 Å². The number of carbonyl (C=O) groups excluding carboxylic acids is 2. The van der Waals surface area contributed by atoms with Crippen molar-refractivity contribution in [2.24, 2.45) is 0 Å². The maximum absolute atomic E-state index is 12.2. The highest BCUT2D eigenvalue weighted by molar-refractivity contribution is 6.35. The molecule has 168 valence electrons. The van der Waals surface area contributed by atoms with Crippen LogP contribution in [0, 0.1) is 0 Å². The molecular formula is C23H21Cl3N2O4. The molecule has 2 aliphatic heterocycles. The van der Waals surface area contributed by atoms with Gasteiger partial charge in [0.05, 0.1) is 22.9 Å². The van der Waals surface area contributed by atoms with Gasteiger partial charge in [-0.25, -0.2) is 0 Å². The van der Waals surface area contributed by atoms with Crippen LogP contribution in [0.15, 0.2) is 30.3 Å². The smallest absolute Gasteiger partial charge is 0.234 e. The summed E-state index contributed by atoms with van der Waals surface area (Å²) >= 11 is 19.3. The fourth-order valence-corrected chi connectivity index (χ4v) is 5.62. The number of aliphatic hydroxyl groups excluding tert-OH is 1. The number of ether oxygens (including phenoxy) is 1. The first kappa shape index (κ1) is 22.0. The maximum Gasteiger partial charge on any atom is 0.234 e. The predicted octanol–water partition coefficient (Wildman–Crippen LogP) is 4.41. The number of amides is 2. The van der Waals surface area contributed by atoms with Gasteiger partial charge >= 0.3 is 0 Å². The Kier molecular flexibility index (Phi) is 5.84. The van der Waals surface area contributed by atoms with Crippen LogP contribution >= 0.6 is 34.8 Å². The zero-order valence-corrected chi connectivity index (χ0v) is 19.3.